The van der Waals surface area contributed by atoms with Gasteiger partial charge in [-0.2, -0.15) is 10.2 Å². The summed E-state index contributed by atoms with van der Waals surface area (Å²) >= 11 is 0. The van der Waals surface area contributed by atoms with E-state index in [1.807, 2.05) is 31.3 Å². The van der Waals surface area contributed by atoms with E-state index in [4.69, 9.17) is 0 Å². The van der Waals surface area contributed by atoms with Gasteiger partial charge in [0.1, 0.15) is 12.0 Å². The summed E-state index contributed by atoms with van der Waals surface area (Å²) in [6.07, 6.45) is 1.36. The summed E-state index contributed by atoms with van der Waals surface area (Å²) in [6.45, 7) is 0. The van der Waals surface area contributed by atoms with Gasteiger partial charge in [-0.25, -0.2) is 9.67 Å². The summed E-state index contributed by atoms with van der Waals surface area (Å²) in [5.41, 5.74) is 1.33. The molecule has 2 heterocycles. The van der Waals surface area contributed by atoms with E-state index in [0.29, 0.717) is 11.5 Å². The molecule has 0 saturated heterocycles. The minimum absolute atomic E-state index is 0.216. The van der Waals surface area contributed by atoms with Crippen LogP contribution in [-0.4, -0.2) is 30.3 Å². The van der Waals surface area contributed by atoms with Crippen molar-refractivity contribution >= 4 is 16.7 Å². The Balaban J connectivity index is 2.21. The largest absolute Gasteiger partial charge is 0.283 e. The fourth-order valence-corrected chi connectivity index (χ4v) is 1.99. The molecule has 0 amide bonds. The van der Waals surface area contributed by atoms with Gasteiger partial charge in [-0.15, -0.1) is 0 Å². The average Bonchev–Trinajstić information content (AvgIpc) is 2.94. The van der Waals surface area contributed by atoms with Gasteiger partial charge in [0, 0.05) is 19.5 Å². The number of hydrogen-bond acceptors (Lipinski definition) is 4. The normalized spacial score (nSPS) is 11.0. The Hall–Kier alpha value is -2.50. The standard InChI is InChI=1S/C12H11N5O/c1-16-9-6-4-3-5-8(9)10(15-16)11(18)12-13-7-14-17(12)2/h3-7H,1-2H3. The average molecular weight is 241 g/mol. The van der Waals surface area contributed by atoms with Gasteiger partial charge in [0.2, 0.25) is 5.82 Å². The zero-order valence-electron chi connectivity index (χ0n) is 10.0. The van der Waals surface area contributed by atoms with Crippen molar-refractivity contribution in [1.29, 1.82) is 0 Å². The van der Waals surface area contributed by atoms with Crippen LogP contribution >= 0.6 is 0 Å². The number of ketones is 1. The number of fused-ring (bicyclic) bond motifs is 1. The molecule has 6 nitrogen and oxygen atoms in total. The SMILES string of the molecule is Cn1ncnc1C(=O)c1nn(C)c2ccccc12. The number of para-hydroxylation sites is 1. The summed E-state index contributed by atoms with van der Waals surface area (Å²) in [4.78, 5) is 16.3. The van der Waals surface area contributed by atoms with Gasteiger partial charge < -0.3 is 0 Å². The quantitative estimate of drug-likeness (QED) is 0.626. The molecule has 0 aliphatic heterocycles. The Morgan fingerprint density at radius 3 is 2.67 bits per heavy atom. The number of hydrogen-bond donors (Lipinski definition) is 0. The lowest BCUT2D eigenvalue weighted by Gasteiger charge is -1.96. The molecular weight excluding hydrogens is 230 g/mol. The number of nitrogens with zero attached hydrogens (tertiary/aromatic N) is 5. The fourth-order valence-electron chi connectivity index (χ4n) is 1.99. The van der Waals surface area contributed by atoms with Crippen molar-refractivity contribution in [2.45, 2.75) is 0 Å². The minimum Gasteiger partial charge on any atom is -0.283 e. The summed E-state index contributed by atoms with van der Waals surface area (Å²) in [5.74, 6) is 0.0747. The lowest BCUT2D eigenvalue weighted by Crippen LogP contribution is -2.11. The molecule has 0 aliphatic carbocycles. The van der Waals surface area contributed by atoms with Gasteiger partial charge in [0.25, 0.3) is 5.78 Å². The first kappa shape index (κ1) is 10.6. The fraction of sp³-hybridized carbons (Fsp3) is 0.167. The van der Waals surface area contributed by atoms with Crippen LogP contribution in [0, 0.1) is 0 Å². The Labute approximate surface area is 103 Å². The molecule has 0 spiro atoms. The Kier molecular flexibility index (Phi) is 2.22. The van der Waals surface area contributed by atoms with Crippen LogP contribution in [0.5, 0.6) is 0 Å². The number of benzene rings is 1. The predicted octanol–water partition coefficient (Wildman–Crippen LogP) is 0.933. The smallest absolute Gasteiger partial charge is 0.250 e. The van der Waals surface area contributed by atoms with Crippen LogP contribution in [0.1, 0.15) is 16.3 Å². The van der Waals surface area contributed by atoms with Crippen LogP contribution in [0.25, 0.3) is 10.9 Å². The molecule has 90 valence electrons. The van der Waals surface area contributed by atoms with Crippen molar-refractivity contribution in [3.63, 3.8) is 0 Å². The van der Waals surface area contributed by atoms with Gasteiger partial charge in [0.15, 0.2) is 0 Å². The molecule has 0 saturated carbocycles. The molecule has 3 aromatic rings. The highest BCUT2D eigenvalue weighted by atomic mass is 16.1. The summed E-state index contributed by atoms with van der Waals surface area (Å²) in [5, 5.41) is 9.00. The summed E-state index contributed by atoms with van der Waals surface area (Å²) < 4.78 is 3.14. The van der Waals surface area contributed by atoms with Gasteiger partial charge in [-0.1, -0.05) is 18.2 Å². The van der Waals surface area contributed by atoms with Crippen molar-refractivity contribution in [3.05, 3.63) is 42.1 Å². The third kappa shape index (κ3) is 1.42. The topological polar surface area (TPSA) is 65.6 Å². The maximum absolute atomic E-state index is 12.4. The van der Waals surface area contributed by atoms with E-state index in [9.17, 15) is 4.79 Å². The van der Waals surface area contributed by atoms with Crippen molar-refractivity contribution in [1.82, 2.24) is 24.5 Å². The van der Waals surface area contributed by atoms with Crippen molar-refractivity contribution in [3.8, 4) is 0 Å². The molecule has 0 aliphatic rings. The number of rotatable bonds is 2. The third-order valence-electron chi connectivity index (χ3n) is 2.89. The minimum atomic E-state index is -0.216. The first-order chi connectivity index (χ1) is 8.68. The summed E-state index contributed by atoms with van der Waals surface area (Å²) in [7, 11) is 3.50. The van der Waals surface area contributed by atoms with Crippen LogP contribution in [-0.2, 0) is 14.1 Å². The molecule has 0 fully saturated rings. The molecule has 0 radical (unpaired) electrons. The Morgan fingerprint density at radius 1 is 1.17 bits per heavy atom. The first-order valence-electron chi connectivity index (χ1n) is 5.49. The van der Waals surface area contributed by atoms with Gasteiger partial charge in [-0.3, -0.25) is 9.48 Å². The van der Waals surface area contributed by atoms with Crippen molar-refractivity contribution < 1.29 is 4.79 Å². The van der Waals surface area contributed by atoms with Crippen molar-refractivity contribution in [2.24, 2.45) is 14.1 Å². The highest BCUT2D eigenvalue weighted by Gasteiger charge is 2.21. The molecule has 0 atom stereocenters. The van der Waals surface area contributed by atoms with E-state index in [-0.39, 0.29) is 5.78 Å². The van der Waals surface area contributed by atoms with Crippen LogP contribution in [0.2, 0.25) is 0 Å². The molecule has 6 heteroatoms. The molecule has 0 unspecified atom stereocenters. The monoisotopic (exact) mass is 241 g/mol. The van der Waals surface area contributed by atoms with E-state index in [0.717, 1.165) is 10.9 Å². The van der Waals surface area contributed by atoms with Gasteiger partial charge >= 0.3 is 0 Å². The predicted molar refractivity (Wildman–Crippen MR) is 65.1 cm³/mol. The number of aromatic nitrogens is 5. The van der Waals surface area contributed by atoms with E-state index < -0.39 is 0 Å². The Morgan fingerprint density at radius 2 is 1.94 bits per heavy atom. The Bertz CT molecular complexity index is 740. The van der Waals surface area contributed by atoms with Crippen molar-refractivity contribution in [2.75, 3.05) is 0 Å². The lowest BCUT2D eigenvalue weighted by atomic mass is 10.1. The summed E-state index contributed by atoms with van der Waals surface area (Å²) in [6, 6.07) is 7.61. The zero-order valence-corrected chi connectivity index (χ0v) is 10.0. The highest BCUT2D eigenvalue weighted by Crippen LogP contribution is 2.19. The van der Waals surface area contributed by atoms with Crippen LogP contribution in [0.4, 0.5) is 0 Å². The van der Waals surface area contributed by atoms with E-state index in [1.54, 1.807) is 11.7 Å². The van der Waals surface area contributed by atoms with Crippen LogP contribution < -0.4 is 0 Å². The molecular formula is C12H11N5O. The maximum Gasteiger partial charge on any atom is 0.250 e. The zero-order chi connectivity index (χ0) is 12.7. The first-order valence-corrected chi connectivity index (χ1v) is 5.49. The molecule has 18 heavy (non-hydrogen) atoms. The van der Waals surface area contributed by atoms with Crippen LogP contribution in [0.15, 0.2) is 30.6 Å². The third-order valence-corrected chi connectivity index (χ3v) is 2.89. The van der Waals surface area contributed by atoms with Crippen LogP contribution in [0.3, 0.4) is 0 Å². The van der Waals surface area contributed by atoms with E-state index in [1.165, 1.54) is 11.0 Å². The molecule has 1 aromatic carbocycles. The molecule has 3 rings (SSSR count). The lowest BCUT2D eigenvalue weighted by molar-refractivity contribution is 0.102. The highest BCUT2D eigenvalue weighted by molar-refractivity contribution is 6.13. The molecule has 0 bridgehead atoms. The number of carbonyl (C=O) groups excluding carboxylic acids is 1. The van der Waals surface area contributed by atoms with Gasteiger partial charge in [-0.05, 0) is 6.07 Å². The number of aryl methyl sites for hydroxylation is 2. The second kappa shape index (κ2) is 3.76. The molecule has 0 N–H and O–H groups in total. The van der Waals surface area contributed by atoms with E-state index in [2.05, 4.69) is 15.2 Å². The van der Waals surface area contributed by atoms with E-state index >= 15 is 0 Å². The second-order valence-electron chi connectivity index (χ2n) is 4.03. The molecule has 2 aromatic heterocycles. The number of carbonyl (C=O) groups is 1. The van der Waals surface area contributed by atoms with Gasteiger partial charge in [0.05, 0.1) is 5.52 Å². The second-order valence-corrected chi connectivity index (χ2v) is 4.03. The maximum atomic E-state index is 12.4.